The van der Waals surface area contributed by atoms with Gasteiger partial charge in [0.15, 0.2) is 0 Å². The van der Waals surface area contributed by atoms with Crippen molar-refractivity contribution < 1.29 is 9.59 Å². The van der Waals surface area contributed by atoms with Gasteiger partial charge in [-0.25, -0.2) is 0 Å². The molecule has 1 aliphatic heterocycles. The van der Waals surface area contributed by atoms with E-state index in [-0.39, 0.29) is 24.4 Å². The van der Waals surface area contributed by atoms with Gasteiger partial charge in [0.2, 0.25) is 11.8 Å². The Morgan fingerprint density at radius 3 is 2.91 bits per heavy atom. The number of nitrogens with one attached hydrogen (secondary N) is 1. The fraction of sp³-hybridized carbons (Fsp3) is 0.625. The highest BCUT2D eigenvalue weighted by atomic mass is 32.1. The third kappa shape index (κ3) is 4.55. The molecular formula is C16H25N3O2S. The van der Waals surface area contributed by atoms with Crippen LogP contribution in [0.3, 0.4) is 0 Å². The van der Waals surface area contributed by atoms with Crippen molar-refractivity contribution >= 4 is 23.2 Å². The van der Waals surface area contributed by atoms with Gasteiger partial charge in [0.05, 0.1) is 13.1 Å². The molecule has 0 aliphatic carbocycles. The number of hydrogen-bond donors (Lipinski definition) is 1. The van der Waals surface area contributed by atoms with E-state index in [9.17, 15) is 9.59 Å². The smallest absolute Gasteiger partial charge is 0.239 e. The molecular weight excluding hydrogens is 298 g/mol. The largest absolute Gasteiger partial charge is 0.352 e. The van der Waals surface area contributed by atoms with E-state index in [1.165, 1.54) is 10.4 Å². The van der Waals surface area contributed by atoms with Gasteiger partial charge in [-0.1, -0.05) is 0 Å². The molecule has 0 saturated heterocycles. The Balaban J connectivity index is 1.86. The Bertz CT molecular complexity index is 527. The van der Waals surface area contributed by atoms with Gasteiger partial charge in [-0.2, -0.15) is 0 Å². The zero-order valence-electron chi connectivity index (χ0n) is 13.6. The molecule has 6 heteroatoms. The second kappa shape index (κ2) is 7.74. The first-order valence-electron chi connectivity index (χ1n) is 7.84. The lowest BCUT2D eigenvalue weighted by molar-refractivity contribution is -0.137. The van der Waals surface area contributed by atoms with Crippen molar-refractivity contribution in [2.45, 2.75) is 39.8 Å². The zero-order chi connectivity index (χ0) is 16.1. The van der Waals surface area contributed by atoms with Crippen LogP contribution >= 0.6 is 11.3 Å². The molecule has 0 fully saturated rings. The average molecular weight is 323 g/mol. The number of thiophene rings is 1. The van der Waals surface area contributed by atoms with E-state index in [1.807, 2.05) is 20.8 Å². The van der Waals surface area contributed by atoms with Crippen LogP contribution in [0.15, 0.2) is 11.4 Å². The summed E-state index contributed by atoms with van der Waals surface area (Å²) in [4.78, 5) is 29.5. The summed E-state index contributed by atoms with van der Waals surface area (Å²) >= 11 is 1.80. The second-order valence-electron chi connectivity index (χ2n) is 5.96. The lowest BCUT2D eigenvalue weighted by atomic mass is 10.1. The fourth-order valence-corrected chi connectivity index (χ4v) is 3.54. The fourth-order valence-electron chi connectivity index (χ4n) is 2.65. The van der Waals surface area contributed by atoms with Crippen LogP contribution in [0.25, 0.3) is 0 Å². The Morgan fingerprint density at radius 1 is 1.45 bits per heavy atom. The molecule has 2 heterocycles. The number of amides is 2. The second-order valence-corrected chi connectivity index (χ2v) is 6.96. The highest BCUT2D eigenvalue weighted by Crippen LogP contribution is 2.23. The van der Waals surface area contributed by atoms with E-state index in [4.69, 9.17) is 0 Å². The minimum absolute atomic E-state index is 0.0279. The number of fused-ring (bicyclic) bond motifs is 1. The summed E-state index contributed by atoms with van der Waals surface area (Å²) in [5.41, 5.74) is 1.34. The summed E-state index contributed by atoms with van der Waals surface area (Å²) < 4.78 is 0. The topological polar surface area (TPSA) is 52.7 Å². The van der Waals surface area contributed by atoms with Crippen LogP contribution < -0.4 is 5.32 Å². The molecule has 122 valence electrons. The summed E-state index contributed by atoms with van der Waals surface area (Å²) in [6.07, 6.45) is 1.01. The van der Waals surface area contributed by atoms with E-state index in [1.54, 1.807) is 16.2 Å². The first-order chi connectivity index (χ1) is 10.5. The molecule has 0 bridgehead atoms. The van der Waals surface area contributed by atoms with Crippen LogP contribution in [-0.4, -0.2) is 53.8 Å². The molecule has 1 aromatic rings. The van der Waals surface area contributed by atoms with Crippen LogP contribution in [0.1, 0.15) is 31.2 Å². The van der Waals surface area contributed by atoms with Crippen LogP contribution in [0.4, 0.5) is 0 Å². The number of likely N-dealkylation sites (N-methyl/N-ethyl adjacent to an activating group) is 1. The Hall–Kier alpha value is -1.40. The number of nitrogens with zero attached hydrogens (tertiary/aromatic N) is 2. The quantitative estimate of drug-likeness (QED) is 0.863. The molecule has 5 nitrogen and oxygen atoms in total. The summed E-state index contributed by atoms with van der Waals surface area (Å²) in [5, 5.41) is 4.95. The summed E-state index contributed by atoms with van der Waals surface area (Å²) in [5.74, 6) is -0.0657. The van der Waals surface area contributed by atoms with Crippen molar-refractivity contribution in [3.05, 3.63) is 21.9 Å². The summed E-state index contributed by atoms with van der Waals surface area (Å²) in [6, 6.07) is 2.24. The third-order valence-corrected chi connectivity index (χ3v) is 4.79. The molecule has 0 aromatic carbocycles. The molecule has 1 N–H and O–H groups in total. The van der Waals surface area contributed by atoms with Crippen molar-refractivity contribution in [3.63, 3.8) is 0 Å². The monoisotopic (exact) mass is 323 g/mol. The highest BCUT2D eigenvalue weighted by Gasteiger charge is 2.22. The van der Waals surface area contributed by atoms with E-state index in [0.29, 0.717) is 13.1 Å². The molecule has 2 amide bonds. The summed E-state index contributed by atoms with van der Waals surface area (Å²) in [6.45, 7) is 8.58. The van der Waals surface area contributed by atoms with E-state index >= 15 is 0 Å². The van der Waals surface area contributed by atoms with Crippen LogP contribution in [0, 0.1) is 0 Å². The van der Waals surface area contributed by atoms with Crippen molar-refractivity contribution in [1.29, 1.82) is 0 Å². The van der Waals surface area contributed by atoms with Crippen LogP contribution in [-0.2, 0) is 22.6 Å². The van der Waals surface area contributed by atoms with Gasteiger partial charge in [-0.05, 0) is 44.2 Å². The number of carbonyl (C=O) groups is 2. The first-order valence-corrected chi connectivity index (χ1v) is 8.72. The molecule has 0 unspecified atom stereocenters. The Labute approximate surface area is 136 Å². The van der Waals surface area contributed by atoms with Gasteiger partial charge in [0, 0.05) is 30.6 Å². The first kappa shape index (κ1) is 17.0. The Kier molecular flexibility index (Phi) is 5.97. The molecule has 1 aliphatic rings. The van der Waals surface area contributed by atoms with Crippen molar-refractivity contribution in [1.82, 2.24) is 15.1 Å². The third-order valence-electron chi connectivity index (χ3n) is 3.76. The molecule has 0 atom stereocenters. The average Bonchev–Trinajstić information content (AvgIpc) is 2.91. The van der Waals surface area contributed by atoms with Crippen LogP contribution in [0.2, 0.25) is 0 Å². The number of hydrogen-bond acceptors (Lipinski definition) is 4. The maximum absolute atomic E-state index is 12.4. The predicted octanol–water partition coefficient (Wildman–Crippen LogP) is 1.48. The molecule has 0 radical (unpaired) electrons. The zero-order valence-corrected chi connectivity index (χ0v) is 14.4. The number of rotatable bonds is 6. The van der Waals surface area contributed by atoms with Gasteiger partial charge in [-0.3, -0.25) is 14.5 Å². The van der Waals surface area contributed by atoms with Crippen molar-refractivity contribution in [3.8, 4) is 0 Å². The van der Waals surface area contributed by atoms with Gasteiger partial charge in [0.25, 0.3) is 0 Å². The van der Waals surface area contributed by atoms with Gasteiger partial charge in [-0.15, -0.1) is 11.3 Å². The predicted molar refractivity (Wildman–Crippen MR) is 88.8 cm³/mol. The molecule has 1 aromatic heterocycles. The van der Waals surface area contributed by atoms with Gasteiger partial charge < -0.3 is 10.2 Å². The number of carbonyl (C=O) groups excluding carboxylic acids is 2. The maximum atomic E-state index is 12.4. The molecule has 22 heavy (non-hydrogen) atoms. The van der Waals surface area contributed by atoms with Crippen molar-refractivity contribution in [2.24, 2.45) is 0 Å². The molecule has 2 rings (SSSR count). The van der Waals surface area contributed by atoms with Gasteiger partial charge >= 0.3 is 0 Å². The lowest BCUT2D eigenvalue weighted by Gasteiger charge is -2.29. The standard InChI is InChI=1S/C16H25N3O2S/c1-4-19(10-15(20)17-12(2)3)16(21)11-18-7-5-14-13(9-18)6-8-22-14/h6,8,12H,4-5,7,9-11H2,1-3H3,(H,17,20). The van der Waals surface area contributed by atoms with Crippen molar-refractivity contribution in [2.75, 3.05) is 26.2 Å². The lowest BCUT2D eigenvalue weighted by Crippen LogP contribution is -2.46. The van der Waals surface area contributed by atoms with E-state index in [2.05, 4.69) is 21.7 Å². The summed E-state index contributed by atoms with van der Waals surface area (Å²) in [7, 11) is 0. The van der Waals surface area contributed by atoms with E-state index < -0.39 is 0 Å². The SMILES string of the molecule is CCN(CC(=O)NC(C)C)C(=O)CN1CCc2sccc2C1. The Morgan fingerprint density at radius 2 is 2.23 bits per heavy atom. The highest BCUT2D eigenvalue weighted by molar-refractivity contribution is 7.10. The molecule has 0 spiro atoms. The van der Waals surface area contributed by atoms with Crippen LogP contribution in [0.5, 0.6) is 0 Å². The van der Waals surface area contributed by atoms with E-state index in [0.717, 1.165) is 19.5 Å². The normalized spacial score (nSPS) is 14.7. The molecule has 0 saturated carbocycles. The minimum atomic E-state index is -0.0936. The van der Waals surface area contributed by atoms with Gasteiger partial charge in [0.1, 0.15) is 0 Å². The minimum Gasteiger partial charge on any atom is -0.352 e. The maximum Gasteiger partial charge on any atom is 0.239 e.